The molecule has 1 unspecified atom stereocenters. The van der Waals surface area contributed by atoms with E-state index >= 15 is 0 Å². The SMILES string of the molecule is CCCCCCc1cc(-c2sc(-c3sc(-c4ccc5c(c4)CCc4ccccc4N5CC(CC)CCCC)cc3CCCCCC)cc2CCCCCC)sc1C=c1sc(=C(C#N)C(=O)O)n(COC=O)c1=O. The van der Waals surface area contributed by atoms with Gasteiger partial charge in [-0.15, -0.1) is 45.3 Å². The summed E-state index contributed by atoms with van der Waals surface area (Å²) < 4.78 is 6.25. The van der Waals surface area contributed by atoms with Gasteiger partial charge in [0.05, 0.1) is 4.53 Å². The number of hydrogen-bond acceptors (Lipinski definition) is 10. The Hall–Kier alpha value is -5.06. The first-order valence-electron chi connectivity index (χ1n) is 27.2. The molecule has 388 valence electrons. The van der Waals surface area contributed by atoms with Gasteiger partial charge in [-0.3, -0.25) is 14.2 Å². The number of hydrogen-bond donors (Lipinski definition) is 1. The Labute approximate surface area is 449 Å². The number of carboxylic acids is 1. The van der Waals surface area contributed by atoms with Crippen molar-refractivity contribution in [1.29, 1.82) is 5.26 Å². The van der Waals surface area contributed by atoms with Crippen LogP contribution in [-0.2, 0) is 53.2 Å². The predicted octanol–water partition coefficient (Wildman–Crippen LogP) is 15.6. The van der Waals surface area contributed by atoms with Crippen LogP contribution in [0.5, 0.6) is 0 Å². The molecule has 1 aliphatic heterocycles. The van der Waals surface area contributed by atoms with E-state index in [0.717, 1.165) is 104 Å². The molecule has 73 heavy (non-hydrogen) atoms. The molecule has 1 aliphatic rings. The largest absolute Gasteiger partial charge is 0.477 e. The minimum atomic E-state index is -1.44. The average molecular weight is 1060 g/mol. The third kappa shape index (κ3) is 14.0. The van der Waals surface area contributed by atoms with Crippen molar-refractivity contribution in [2.24, 2.45) is 5.92 Å². The van der Waals surface area contributed by atoms with Gasteiger partial charge in [-0.25, -0.2) is 4.79 Å². The molecule has 1 atom stereocenters. The number of unbranched alkanes of at least 4 members (excludes halogenated alkanes) is 10. The lowest BCUT2D eigenvalue weighted by atomic mass is 9.97. The van der Waals surface area contributed by atoms with E-state index in [4.69, 9.17) is 4.74 Å². The molecule has 12 heteroatoms. The first-order chi connectivity index (χ1) is 35.7. The van der Waals surface area contributed by atoms with E-state index in [1.54, 1.807) is 17.4 Å². The zero-order valence-electron chi connectivity index (χ0n) is 43.8. The summed E-state index contributed by atoms with van der Waals surface area (Å²) in [6.45, 7) is 12.2. The lowest BCUT2D eigenvalue weighted by Gasteiger charge is -2.31. The van der Waals surface area contributed by atoms with Crippen molar-refractivity contribution >= 4 is 80.8 Å². The second-order valence-corrected chi connectivity index (χ2v) is 23.9. The standard InChI is InChI=1S/C61H75N3O5S4/c1-6-11-15-18-25-45-34-54(70-53(45)37-56-59(66)64(40-69-41-65)60(73-56)49(38-62)61(67)68)57-48(27-20-17-13-8-3)36-55(72-57)58-47(26-19-16-12-7-2)35-52(71-58)46-31-32-51-44(33-46)30-29-43-24-21-22-28-50(43)63(51)39-42(10-5)23-14-9-4/h21-22,24,28,31-37,41-42H,6-20,23,25-27,29-30,39-40H2,1-5H3,(H,67,68). The summed E-state index contributed by atoms with van der Waals surface area (Å²) in [5.74, 6) is -0.802. The van der Waals surface area contributed by atoms with Crippen LogP contribution in [0, 0.1) is 17.2 Å². The first-order valence-corrected chi connectivity index (χ1v) is 30.4. The lowest BCUT2D eigenvalue weighted by molar-refractivity contribution is -0.132. The molecule has 1 N–H and O–H groups in total. The number of fused-ring (bicyclic) bond motifs is 2. The zero-order chi connectivity index (χ0) is 51.7. The number of para-hydroxylation sites is 1. The van der Waals surface area contributed by atoms with Crippen molar-refractivity contribution in [3.63, 3.8) is 0 Å². The Morgan fingerprint density at radius 2 is 1.30 bits per heavy atom. The van der Waals surface area contributed by atoms with Crippen molar-refractivity contribution in [2.45, 2.75) is 176 Å². The molecule has 5 heterocycles. The van der Waals surface area contributed by atoms with Crippen LogP contribution in [0.15, 0.2) is 65.5 Å². The van der Waals surface area contributed by atoms with Crippen LogP contribution in [0.4, 0.5) is 11.4 Å². The highest BCUT2D eigenvalue weighted by Crippen LogP contribution is 2.48. The van der Waals surface area contributed by atoms with Crippen molar-refractivity contribution < 1.29 is 19.4 Å². The lowest BCUT2D eigenvalue weighted by Crippen LogP contribution is -2.33. The maximum atomic E-state index is 13.9. The number of aryl methyl sites for hydroxylation is 5. The normalized spacial score (nSPS) is 13.4. The van der Waals surface area contributed by atoms with E-state index in [1.165, 1.54) is 128 Å². The van der Waals surface area contributed by atoms with E-state index < -0.39 is 23.8 Å². The van der Waals surface area contributed by atoms with Gasteiger partial charge in [0.1, 0.15) is 10.7 Å². The summed E-state index contributed by atoms with van der Waals surface area (Å²) in [6.07, 6.45) is 25.6. The van der Waals surface area contributed by atoms with E-state index in [9.17, 15) is 24.8 Å². The number of carbonyl (C=O) groups excluding carboxylic acids is 1. The number of rotatable bonds is 29. The molecule has 0 amide bonds. The molecule has 8 nitrogen and oxygen atoms in total. The van der Waals surface area contributed by atoms with Gasteiger partial charge in [0.25, 0.3) is 12.0 Å². The van der Waals surface area contributed by atoms with Gasteiger partial charge in [0.2, 0.25) is 0 Å². The van der Waals surface area contributed by atoms with Crippen LogP contribution < -0.4 is 19.7 Å². The molecule has 0 bridgehead atoms. The number of nitriles is 1. The molecule has 0 radical (unpaired) electrons. The molecule has 0 saturated carbocycles. The Bertz CT molecular complexity index is 3020. The monoisotopic (exact) mass is 1060 g/mol. The van der Waals surface area contributed by atoms with Crippen molar-refractivity contribution in [1.82, 2.24) is 4.57 Å². The van der Waals surface area contributed by atoms with Gasteiger partial charge in [-0.2, -0.15) is 5.26 Å². The number of anilines is 2. The summed E-state index contributed by atoms with van der Waals surface area (Å²) in [7, 11) is 0. The number of nitrogens with zero attached hydrogens (tertiary/aromatic N) is 3. The quantitative estimate of drug-likeness (QED) is 0.0368. The van der Waals surface area contributed by atoms with Crippen LogP contribution in [-0.4, -0.2) is 28.7 Å². The van der Waals surface area contributed by atoms with E-state index in [1.807, 2.05) is 28.7 Å². The molecular formula is C61H75N3O5S4. The van der Waals surface area contributed by atoms with Gasteiger partial charge in [-0.05, 0) is 140 Å². The summed E-state index contributed by atoms with van der Waals surface area (Å²) in [6, 6.07) is 25.4. The predicted molar refractivity (Wildman–Crippen MR) is 309 cm³/mol. The molecule has 0 saturated heterocycles. The second-order valence-electron chi connectivity index (χ2n) is 19.7. The fourth-order valence-electron chi connectivity index (χ4n) is 10.2. The molecule has 7 rings (SSSR count). The van der Waals surface area contributed by atoms with Gasteiger partial charge in [-0.1, -0.05) is 136 Å². The van der Waals surface area contributed by atoms with Crippen molar-refractivity contribution in [3.8, 4) is 36.0 Å². The van der Waals surface area contributed by atoms with Crippen molar-refractivity contribution in [3.05, 3.63) is 113 Å². The average Bonchev–Trinajstić information content (AvgIpc) is 4.17. The minimum Gasteiger partial charge on any atom is -0.477 e. The van der Waals surface area contributed by atoms with Gasteiger partial charge >= 0.3 is 5.97 Å². The maximum Gasteiger partial charge on any atom is 0.349 e. The molecule has 0 fully saturated rings. The number of aliphatic carboxylic acids is 1. The third-order valence-electron chi connectivity index (χ3n) is 14.4. The number of thiazole rings is 1. The number of ether oxygens (including phenoxy) is 1. The smallest absolute Gasteiger partial charge is 0.349 e. The topological polar surface area (TPSA) is 113 Å². The van der Waals surface area contributed by atoms with Crippen LogP contribution >= 0.6 is 45.3 Å². The van der Waals surface area contributed by atoms with Gasteiger partial charge in [0.15, 0.2) is 12.3 Å². The maximum absolute atomic E-state index is 13.9. The molecule has 2 aromatic carbocycles. The number of carboxylic acid groups (broad SMARTS) is 1. The summed E-state index contributed by atoms with van der Waals surface area (Å²) in [5.41, 5.74) is 9.77. The third-order valence-corrected chi connectivity index (χ3v) is 19.4. The highest BCUT2D eigenvalue weighted by molar-refractivity contribution is 7.27. The number of benzene rings is 2. The summed E-state index contributed by atoms with van der Waals surface area (Å²) in [5, 5.41) is 19.7. The first kappa shape index (κ1) is 55.7. The number of aromatic nitrogens is 1. The Balaban J connectivity index is 1.33. The van der Waals surface area contributed by atoms with Crippen LogP contribution in [0.3, 0.4) is 0 Å². The number of carbonyl (C=O) groups is 2. The van der Waals surface area contributed by atoms with Gasteiger partial charge in [0, 0.05) is 47.2 Å². The van der Waals surface area contributed by atoms with E-state index in [2.05, 4.69) is 100 Å². The second kappa shape index (κ2) is 28.0. The fourth-order valence-corrected chi connectivity index (χ4v) is 15.2. The van der Waals surface area contributed by atoms with Crippen LogP contribution in [0.25, 0.3) is 41.6 Å². The van der Waals surface area contributed by atoms with Crippen LogP contribution in [0.2, 0.25) is 0 Å². The Morgan fingerprint density at radius 1 is 0.712 bits per heavy atom. The van der Waals surface area contributed by atoms with Gasteiger partial charge < -0.3 is 14.7 Å². The summed E-state index contributed by atoms with van der Waals surface area (Å²) >= 11 is 6.48. The molecule has 6 aromatic rings. The molecule has 0 spiro atoms. The molecule has 0 aliphatic carbocycles. The number of thiophene rings is 3. The van der Waals surface area contributed by atoms with E-state index in [0.29, 0.717) is 10.5 Å². The minimum absolute atomic E-state index is 0.0474. The highest BCUT2D eigenvalue weighted by atomic mass is 32.1. The summed E-state index contributed by atoms with van der Waals surface area (Å²) in [4.78, 5) is 47.3. The Morgan fingerprint density at radius 3 is 1.93 bits per heavy atom. The zero-order valence-corrected chi connectivity index (χ0v) is 47.1. The van der Waals surface area contributed by atoms with E-state index in [-0.39, 0.29) is 11.1 Å². The van der Waals surface area contributed by atoms with Crippen molar-refractivity contribution in [2.75, 3.05) is 11.4 Å². The van der Waals surface area contributed by atoms with Crippen LogP contribution in [0.1, 0.15) is 170 Å². The fraction of sp³-hybridized carbons (Fsp3) is 0.475. The molecule has 4 aromatic heterocycles. The highest BCUT2D eigenvalue weighted by Gasteiger charge is 2.26. The molecular weight excluding hydrogens is 983 g/mol. The Kier molecular flexibility index (Phi) is 21.4.